The van der Waals surface area contributed by atoms with Crippen molar-refractivity contribution in [2.75, 3.05) is 0 Å². The number of imidazole rings is 1. The van der Waals surface area contributed by atoms with Crippen molar-refractivity contribution in [3.63, 3.8) is 0 Å². The van der Waals surface area contributed by atoms with E-state index in [0.717, 1.165) is 23.2 Å². The first kappa shape index (κ1) is 12.4. The topological polar surface area (TPSA) is 43.6 Å². The Morgan fingerprint density at radius 1 is 1.20 bits per heavy atom. The van der Waals surface area contributed by atoms with E-state index < -0.39 is 0 Å². The molecule has 20 heavy (non-hydrogen) atoms. The summed E-state index contributed by atoms with van der Waals surface area (Å²) in [6, 6.07) is 11.5. The van der Waals surface area contributed by atoms with E-state index in [-0.39, 0.29) is 0 Å². The fourth-order valence-corrected chi connectivity index (χ4v) is 2.10. The van der Waals surface area contributed by atoms with Gasteiger partial charge < -0.3 is 4.74 Å². The summed E-state index contributed by atoms with van der Waals surface area (Å²) in [4.78, 5) is 15.7. The first-order valence-electron chi connectivity index (χ1n) is 6.36. The van der Waals surface area contributed by atoms with Gasteiger partial charge in [0.05, 0.1) is 0 Å². The van der Waals surface area contributed by atoms with Gasteiger partial charge in [0.1, 0.15) is 11.4 Å². The number of benzene rings is 1. The molecule has 2 aromatic heterocycles. The van der Waals surface area contributed by atoms with E-state index in [1.54, 1.807) is 10.6 Å². The molecule has 3 rings (SSSR count). The molecule has 100 valence electrons. The third kappa shape index (κ3) is 2.05. The number of carbonyl (C=O) groups is 1. The maximum atomic E-state index is 11.3. The Kier molecular flexibility index (Phi) is 2.99. The highest BCUT2D eigenvalue weighted by Gasteiger charge is 2.14. The maximum Gasteiger partial charge on any atom is 0.249 e. The van der Waals surface area contributed by atoms with Gasteiger partial charge in [-0.05, 0) is 43.2 Å². The predicted molar refractivity (Wildman–Crippen MR) is 76.6 cm³/mol. The largest absolute Gasteiger partial charge is 0.437 e. The average molecular weight is 266 g/mol. The van der Waals surface area contributed by atoms with Crippen LogP contribution in [0.5, 0.6) is 11.6 Å². The lowest BCUT2D eigenvalue weighted by Crippen LogP contribution is -1.94. The molecule has 0 saturated heterocycles. The van der Waals surface area contributed by atoms with E-state index in [2.05, 4.69) is 4.98 Å². The minimum absolute atomic E-state index is 0.333. The second-order valence-electron chi connectivity index (χ2n) is 4.72. The second-order valence-corrected chi connectivity index (χ2v) is 4.72. The quantitative estimate of drug-likeness (QED) is 0.681. The van der Waals surface area contributed by atoms with Crippen molar-refractivity contribution >= 4 is 11.9 Å². The molecule has 0 atom stereocenters. The van der Waals surface area contributed by atoms with Crippen LogP contribution in [0.15, 0.2) is 42.6 Å². The predicted octanol–water partition coefficient (Wildman–Crippen LogP) is 3.56. The Morgan fingerprint density at radius 2 is 2.05 bits per heavy atom. The van der Waals surface area contributed by atoms with Crippen molar-refractivity contribution in [1.29, 1.82) is 0 Å². The Hall–Kier alpha value is -2.62. The van der Waals surface area contributed by atoms with E-state index in [9.17, 15) is 4.79 Å². The van der Waals surface area contributed by atoms with Crippen LogP contribution in [0.3, 0.4) is 0 Å². The van der Waals surface area contributed by atoms with Crippen LogP contribution in [-0.2, 0) is 0 Å². The summed E-state index contributed by atoms with van der Waals surface area (Å²) in [5.41, 5.74) is 3.21. The monoisotopic (exact) mass is 266 g/mol. The zero-order chi connectivity index (χ0) is 14.1. The number of rotatable bonds is 3. The number of hydrogen-bond acceptors (Lipinski definition) is 3. The molecule has 0 N–H and O–H groups in total. The molecule has 3 aromatic rings. The van der Waals surface area contributed by atoms with Gasteiger partial charge in [0, 0.05) is 6.20 Å². The van der Waals surface area contributed by atoms with Crippen LogP contribution >= 0.6 is 0 Å². The van der Waals surface area contributed by atoms with Gasteiger partial charge in [0.25, 0.3) is 0 Å². The second kappa shape index (κ2) is 4.81. The van der Waals surface area contributed by atoms with Crippen LogP contribution < -0.4 is 4.74 Å². The number of aldehydes is 1. The number of pyridine rings is 1. The molecule has 0 saturated carbocycles. The van der Waals surface area contributed by atoms with Gasteiger partial charge in [0.2, 0.25) is 5.88 Å². The van der Waals surface area contributed by atoms with Gasteiger partial charge >= 0.3 is 0 Å². The smallest absolute Gasteiger partial charge is 0.249 e. The highest BCUT2D eigenvalue weighted by Crippen LogP contribution is 2.28. The molecule has 0 aliphatic heterocycles. The summed E-state index contributed by atoms with van der Waals surface area (Å²) in [6.07, 6.45) is 2.56. The molecule has 0 unspecified atom stereocenters. The summed E-state index contributed by atoms with van der Waals surface area (Å²) in [6.45, 7) is 3.96. The van der Waals surface area contributed by atoms with Crippen LogP contribution in [0.25, 0.3) is 5.65 Å². The van der Waals surface area contributed by atoms with Crippen LogP contribution in [0.1, 0.15) is 21.6 Å². The minimum Gasteiger partial charge on any atom is -0.437 e. The number of aromatic nitrogens is 2. The van der Waals surface area contributed by atoms with E-state index in [1.165, 1.54) is 0 Å². The normalized spacial score (nSPS) is 10.7. The van der Waals surface area contributed by atoms with Crippen LogP contribution in [-0.4, -0.2) is 15.7 Å². The summed E-state index contributed by atoms with van der Waals surface area (Å²) < 4.78 is 7.55. The summed E-state index contributed by atoms with van der Waals surface area (Å²) in [7, 11) is 0. The summed E-state index contributed by atoms with van der Waals surface area (Å²) in [5.74, 6) is 1.05. The minimum atomic E-state index is 0.333. The van der Waals surface area contributed by atoms with Crippen molar-refractivity contribution in [3.05, 3.63) is 59.4 Å². The molecule has 0 spiro atoms. The number of aryl methyl sites for hydroxylation is 2. The Balaban J connectivity index is 2.10. The zero-order valence-corrected chi connectivity index (χ0v) is 11.3. The van der Waals surface area contributed by atoms with Gasteiger partial charge in [-0.25, -0.2) is 0 Å². The van der Waals surface area contributed by atoms with Gasteiger partial charge in [-0.2, -0.15) is 4.98 Å². The van der Waals surface area contributed by atoms with Crippen molar-refractivity contribution in [1.82, 2.24) is 9.38 Å². The molecular formula is C16H14N2O2. The van der Waals surface area contributed by atoms with E-state index in [4.69, 9.17) is 4.74 Å². The van der Waals surface area contributed by atoms with Gasteiger partial charge in [0.15, 0.2) is 12.0 Å². The van der Waals surface area contributed by atoms with Gasteiger partial charge in [-0.1, -0.05) is 18.2 Å². The lowest BCUT2D eigenvalue weighted by molar-refractivity contribution is 0.111. The molecule has 0 fully saturated rings. The van der Waals surface area contributed by atoms with E-state index >= 15 is 0 Å². The van der Waals surface area contributed by atoms with E-state index in [0.29, 0.717) is 17.2 Å². The molecule has 0 aliphatic carbocycles. The Bertz CT molecular complexity index is 790. The van der Waals surface area contributed by atoms with Gasteiger partial charge in [-0.15, -0.1) is 0 Å². The van der Waals surface area contributed by atoms with Crippen LogP contribution in [0.2, 0.25) is 0 Å². The van der Waals surface area contributed by atoms with Gasteiger partial charge in [-0.3, -0.25) is 9.20 Å². The summed E-state index contributed by atoms with van der Waals surface area (Å²) >= 11 is 0. The Labute approximate surface area is 116 Å². The Morgan fingerprint density at radius 3 is 2.85 bits per heavy atom. The lowest BCUT2D eigenvalue weighted by Gasteiger charge is -2.07. The molecule has 0 radical (unpaired) electrons. The fraction of sp³-hybridized carbons (Fsp3) is 0.125. The van der Waals surface area contributed by atoms with E-state index in [1.807, 2.05) is 50.2 Å². The third-order valence-corrected chi connectivity index (χ3v) is 3.20. The fourth-order valence-electron chi connectivity index (χ4n) is 2.10. The number of hydrogen-bond donors (Lipinski definition) is 0. The van der Waals surface area contributed by atoms with Crippen molar-refractivity contribution in [3.8, 4) is 11.6 Å². The van der Waals surface area contributed by atoms with Crippen molar-refractivity contribution in [2.24, 2.45) is 0 Å². The highest BCUT2D eigenvalue weighted by atomic mass is 16.5. The standard InChI is InChI=1S/C16H14N2O2/c1-11-6-7-12(2)14(9-11)20-16-13(10-19)18-8-4-3-5-15(18)17-16/h3-10H,1-2H3. The summed E-state index contributed by atoms with van der Waals surface area (Å²) in [5, 5.41) is 0. The lowest BCUT2D eigenvalue weighted by atomic mass is 10.1. The average Bonchev–Trinajstić information content (AvgIpc) is 2.80. The molecule has 1 aromatic carbocycles. The number of carbonyl (C=O) groups excluding carboxylic acids is 1. The zero-order valence-electron chi connectivity index (χ0n) is 11.3. The molecule has 4 heteroatoms. The van der Waals surface area contributed by atoms with Crippen molar-refractivity contribution < 1.29 is 9.53 Å². The number of fused-ring (bicyclic) bond motifs is 1. The molecular weight excluding hydrogens is 252 g/mol. The third-order valence-electron chi connectivity index (χ3n) is 3.20. The van der Waals surface area contributed by atoms with Crippen LogP contribution in [0, 0.1) is 13.8 Å². The number of nitrogens with zero attached hydrogens (tertiary/aromatic N) is 2. The first-order valence-corrected chi connectivity index (χ1v) is 6.36. The molecule has 0 aliphatic rings. The molecule has 2 heterocycles. The number of ether oxygens (including phenoxy) is 1. The van der Waals surface area contributed by atoms with Crippen molar-refractivity contribution in [2.45, 2.75) is 13.8 Å². The SMILES string of the molecule is Cc1ccc(C)c(Oc2nc3ccccn3c2C=O)c1. The maximum absolute atomic E-state index is 11.3. The highest BCUT2D eigenvalue weighted by molar-refractivity contribution is 5.78. The van der Waals surface area contributed by atoms with Crippen LogP contribution in [0.4, 0.5) is 0 Å². The first-order chi connectivity index (χ1) is 9.69. The molecule has 0 bridgehead atoms. The molecule has 0 amide bonds. The molecule has 4 nitrogen and oxygen atoms in total.